The van der Waals surface area contributed by atoms with Crippen LogP contribution in [0.1, 0.15) is 74.1 Å². The van der Waals surface area contributed by atoms with Crippen molar-refractivity contribution in [2.45, 2.75) is 100 Å². The molecule has 72 heavy (non-hydrogen) atoms. The first-order valence-corrected chi connectivity index (χ1v) is 24.6. The van der Waals surface area contributed by atoms with Gasteiger partial charge in [0.25, 0.3) is 0 Å². The van der Waals surface area contributed by atoms with E-state index in [0.717, 1.165) is 43.7 Å². The number of anilines is 6. The first-order valence-electron chi connectivity index (χ1n) is 23.0. The molecule has 5 unspecified atom stereocenters. The van der Waals surface area contributed by atoms with Gasteiger partial charge in [0.05, 0.1) is 17.1 Å². The molecular formula is C47H54F3N13O8S. The van der Waals surface area contributed by atoms with Gasteiger partial charge in [-0.3, -0.25) is 10.00 Å². The SMILES string of the molecule is NS(=O)(=O)c1cccc(Nc2nccc(NCc3ccc(NC(=O)Nc4ccc(OC(F)(F)F)c(-c5cn(CCCCCCCNc6cccc7c6C(O)N(C6CCC(O)NC6O)C7O)nn5)c4)cc3)n2)c1. The van der Waals surface area contributed by atoms with Crippen molar-refractivity contribution in [2.24, 2.45) is 5.14 Å². The number of carbonyl (C=O) groups excluding carboxylic acids is 1. The summed E-state index contributed by atoms with van der Waals surface area (Å²) in [6.45, 7) is 1.41. The lowest BCUT2D eigenvalue weighted by molar-refractivity contribution is -0.274. The van der Waals surface area contributed by atoms with Crippen LogP contribution in [-0.4, -0.2) is 96.1 Å². The van der Waals surface area contributed by atoms with E-state index in [1.807, 2.05) is 6.07 Å². The normalized spacial score (nSPS) is 19.1. The minimum atomic E-state index is -5.00. The fourth-order valence-electron chi connectivity index (χ4n) is 8.54. The molecule has 0 radical (unpaired) electrons. The summed E-state index contributed by atoms with van der Waals surface area (Å²) in [5.41, 5.74) is 3.73. The van der Waals surface area contributed by atoms with Crippen LogP contribution < -0.4 is 41.8 Å². The molecule has 1 fully saturated rings. The highest BCUT2D eigenvalue weighted by molar-refractivity contribution is 7.89. The third kappa shape index (κ3) is 13.3. The van der Waals surface area contributed by atoms with Gasteiger partial charge < -0.3 is 51.7 Å². The molecule has 0 spiro atoms. The van der Waals surface area contributed by atoms with Crippen LogP contribution in [0.15, 0.2) is 108 Å². The number of unbranched alkanes of at least 4 members (excludes halogenated alkanes) is 4. The molecule has 2 aliphatic rings. The number of primary sulfonamides is 1. The molecule has 8 rings (SSSR count). The summed E-state index contributed by atoms with van der Waals surface area (Å²) < 4.78 is 69.7. The van der Waals surface area contributed by atoms with E-state index in [1.165, 1.54) is 52.3 Å². The number of benzene rings is 4. The minimum absolute atomic E-state index is 0.0363. The number of fused-ring (bicyclic) bond motifs is 1. The predicted octanol–water partition coefficient (Wildman–Crippen LogP) is 6.03. The number of amides is 2. The van der Waals surface area contributed by atoms with E-state index < -0.39 is 59.1 Å². The average molecular weight is 1020 g/mol. The number of aliphatic hydroxyl groups excluding tert-OH is 4. The highest BCUT2D eigenvalue weighted by atomic mass is 32.2. The summed E-state index contributed by atoms with van der Waals surface area (Å²) in [7, 11) is -3.90. The van der Waals surface area contributed by atoms with Crippen molar-refractivity contribution in [3.63, 3.8) is 0 Å². The largest absolute Gasteiger partial charge is 0.573 e. The van der Waals surface area contributed by atoms with Crippen LogP contribution >= 0.6 is 0 Å². The number of rotatable bonds is 20. The second kappa shape index (κ2) is 22.6. The number of aliphatic hydroxyl groups is 4. The van der Waals surface area contributed by atoms with Gasteiger partial charge in [-0.15, -0.1) is 18.3 Å². The van der Waals surface area contributed by atoms with Crippen molar-refractivity contribution in [1.82, 2.24) is 35.2 Å². The molecule has 0 bridgehead atoms. The van der Waals surface area contributed by atoms with E-state index in [0.29, 0.717) is 66.5 Å². The Balaban J connectivity index is 0.784. The number of aryl methyl sites for hydroxylation is 1. The summed E-state index contributed by atoms with van der Waals surface area (Å²) in [5, 5.41) is 73.6. The Bertz CT molecular complexity index is 2930. The molecule has 382 valence electrons. The van der Waals surface area contributed by atoms with Gasteiger partial charge >= 0.3 is 12.4 Å². The zero-order chi connectivity index (χ0) is 51.0. The van der Waals surface area contributed by atoms with Gasteiger partial charge in [0.1, 0.15) is 42.2 Å². The third-order valence-electron chi connectivity index (χ3n) is 12.0. The molecule has 5 atom stereocenters. The Morgan fingerprint density at radius 1 is 0.847 bits per heavy atom. The third-order valence-corrected chi connectivity index (χ3v) is 12.9. The van der Waals surface area contributed by atoms with Gasteiger partial charge in [-0.05, 0) is 91.9 Å². The maximum absolute atomic E-state index is 13.5. The van der Waals surface area contributed by atoms with Gasteiger partial charge in [0, 0.05) is 65.3 Å². The van der Waals surface area contributed by atoms with Crippen LogP contribution in [-0.2, 0) is 23.1 Å². The lowest BCUT2D eigenvalue weighted by Gasteiger charge is -2.40. The molecule has 6 aromatic rings. The van der Waals surface area contributed by atoms with Gasteiger partial charge in [-0.25, -0.2) is 28.2 Å². The fraction of sp³-hybridized carbons (Fsp3) is 0.340. The minimum Gasteiger partial charge on any atom is -0.405 e. The molecule has 1 saturated heterocycles. The van der Waals surface area contributed by atoms with E-state index in [-0.39, 0.29) is 27.8 Å². The van der Waals surface area contributed by atoms with Gasteiger partial charge in [-0.2, -0.15) is 4.98 Å². The number of aromatic nitrogens is 5. The molecule has 2 aromatic heterocycles. The second-order valence-corrected chi connectivity index (χ2v) is 18.7. The van der Waals surface area contributed by atoms with Crippen molar-refractivity contribution >= 4 is 50.6 Å². The van der Waals surface area contributed by atoms with Crippen molar-refractivity contribution in [3.8, 4) is 17.0 Å². The van der Waals surface area contributed by atoms with Gasteiger partial charge in [0.2, 0.25) is 16.0 Å². The van der Waals surface area contributed by atoms with Crippen molar-refractivity contribution in [2.75, 3.05) is 33.1 Å². The molecule has 2 aliphatic heterocycles. The number of nitrogens with zero attached hydrogens (tertiary/aromatic N) is 6. The number of alkyl halides is 3. The number of hydrogen-bond acceptors (Lipinski definition) is 17. The number of halogens is 3. The van der Waals surface area contributed by atoms with Crippen LogP contribution in [0.4, 0.5) is 52.5 Å². The van der Waals surface area contributed by atoms with Crippen LogP contribution in [0.25, 0.3) is 11.3 Å². The first-order chi connectivity index (χ1) is 34.5. The second-order valence-electron chi connectivity index (χ2n) is 17.2. The Morgan fingerprint density at radius 3 is 2.38 bits per heavy atom. The Hall–Kier alpha value is -6.97. The standard InChI is InChI=1S/C47H54F3N13O8S/c48-47(49,50)71-38-18-16-31(57-46(68)56-29-14-12-28(13-15-29)26-54-39-20-22-53-45(58-39)55-30-8-6-9-32(24-30)72(51,69)70)25-34(38)36-27-62(61-60-36)23-5-3-1-2-4-21-52-35-11-7-10-33-41(35)44(67)63(43(33)66)37-17-19-40(64)59-42(37)65/h6-16,18,20,22,24-25,27,37,40,42-44,52,59,64-67H,1-5,17,19,21,23,26H2,(H2,51,69,70)(H2,56,57,68)(H2,53,54,55,58). The summed E-state index contributed by atoms with van der Waals surface area (Å²) in [4.78, 5) is 23.0. The molecule has 0 aliphatic carbocycles. The summed E-state index contributed by atoms with van der Waals surface area (Å²) in [6.07, 6.45) is -1.31. The number of nitrogens with two attached hydrogens (primary N) is 1. The Morgan fingerprint density at radius 2 is 1.60 bits per heavy atom. The van der Waals surface area contributed by atoms with E-state index in [2.05, 4.69) is 56.9 Å². The van der Waals surface area contributed by atoms with Crippen molar-refractivity contribution in [3.05, 3.63) is 120 Å². The molecule has 12 N–H and O–H groups in total. The quantitative estimate of drug-likeness (QED) is 0.0389. The Kier molecular flexibility index (Phi) is 16.1. The number of carbonyl (C=O) groups is 1. The maximum atomic E-state index is 13.5. The first kappa shape index (κ1) is 51.4. The monoisotopic (exact) mass is 1020 g/mol. The predicted molar refractivity (Wildman–Crippen MR) is 260 cm³/mol. The van der Waals surface area contributed by atoms with Crippen molar-refractivity contribution < 1.29 is 51.5 Å². The number of urea groups is 1. The molecule has 4 aromatic carbocycles. The van der Waals surface area contributed by atoms with Crippen LogP contribution in [0.5, 0.6) is 5.75 Å². The van der Waals surface area contributed by atoms with E-state index in [9.17, 15) is 46.8 Å². The number of nitrogens with one attached hydrogen (secondary N) is 6. The summed E-state index contributed by atoms with van der Waals surface area (Å²) in [5.74, 6) is 0.172. The number of sulfonamides is 1. The molecular weight excluding hydrogens is 964 g/mol. The Labute approximate surface area is 411 Å². The maximum Gasteiger partial charge on any atom is 0.573 e. The van der Waals surface area contributed by atoms with E-state index in [1.54, 1.807) is 48.5 Å². The van der Waals surface area contributed by atoms with Crippen LogP contribution in [0.3, 0.4) is 0 Å². The fourth-order valence-corrected chi connectivity index (χ4v) is 9.10. The average Bonchev–Trinajstić information content (AvgIpc) is 3.91. The zero-order valence-corrected chi connectivity index (χ0v) is 39.3. The smallest absolute Gasteiger partial charge is 0.405 e. The summed E-state index contributed by atoms with van der Waals surface area (Å²) in [6, 6.07) is 22.3. The van der Waals surface area contributed by atoms with Crippen LogP contribution in [0.2, 0.25) is 0 Å². The number of piperidine rings is 1. The highest BCUT2D eigenvalue weighted by Gasteiger charge is 2.45. The molecule has 0 saturated carbocycles. The number of ether oxygens (including phenoxy) is 1. The molecule has 25 heteroatoms. The zero-order valence-electron chi connectivity index (χ0n) is 38.5. The highest BCUT2D eigenvalue weighted by Crippen LogP contribution is 2.46. The molecule has 2 amide bonds. The lowest BCUT2D eigenvalue weighted by Crippen LogP contribution is -2.57. The van der Waals surface area contributed by atoms with Gasteiger partial charge in [-0.1, -0.05) is 54.8 Å². The van der Waals surface area contributed by atoms with Crippen molar-refractivity contribution in [1.29, 1.82) is 0 Å². The number of hydrogen-bond donors (Lipinski definition) is 11. The van der Waals surface area contributed by atoms with Crippen LogP contribution in [0, 0.1) is 0 Å². The molecule has 4 heterocycles. The summed E-state index contributed by atoms with van der Waals surface area (Å²) >= 11 is 0. The van der Waals surface area contributed by atoms with E-state index in [4.69, 9.17) is 5.14 Å². The topological polar surface area (TPSA) is 299 Å². The molecule has 21 nitrogen and oxygen atoms in total. The van der Waals surface area contributed by atoms with E-state index >= 15 is 0 Å². The lowest BCUT2D eigenvalue weighted by atomic mass is 10.0. The van der Waals surface area contributed by atoms with Gasteiger partial charge in [0.15, 0.2) is 0 Å².